The van der Waals surface area contributed by atoms with E-state index in [2.05, 4.69) is 10.2 Å². The summed E-state index contributed by atoms with van der Waals surface area (Å²) in [6.07, 6.45) is 2.84. The Kier molecular flexibility index (Phi) is 3.02. The van der Waals surface area contributed by atoms with Crippen molar-refractivity contribution in [2.24, 2.45) is 7.05 Å². The molecule has 0 aliphatic carbocycles. The van der Waals surface area contributed by atoms with Gasteiger partial charge in [-0.05, 0) is 18.2 Å². The van der Waals surface area contributed by atoms with E-state index in [1.165, 1.54) is 27.7 Å². The monoisotopic (exact) mass is 286 g/mol. The summed E-state index contributed by atoms with van der Waals surface area (Å²) >= 11 is 0. The zero-order valence-electron chi connectivity index (χ0n) is 11.1. The first-order valence-electron chi connectivity index (χ1n) is 6.14. The molecule has 1 N–H and O–H groups in total. The van der Waals surface area contributed by atoms with Crippen LogP contribution in [-0.4, -0.2) is 30.6 Å². The van der Waals surface area contributed by atoms with E-state index in [1.807, 2.05) is 0 Å². The molecule has 3 rings (SSSR count). The Labute approximate surface area is 119 Å². The number of carboxylic acid groups (broad SMARTS) is 1. The Morgan fingerprint density at radius 2 is 2.05 bits per heavy atom. The summed E-state index contributed by atoms with van der Waals surface area (Å²) in [6.45, 7) is 0. The first kappa shape index (κ1) is 13.0. The van der Waals surface area contributed by atoms with Crippen LogP contribution in [0, 0.1) is 5.82 Å². The Morgan fingerprint density at radius 1 is 1.29 bits per heavy atom. The molecule has 0 radical (unpaired) electrons. The third-order valence-electron chi connectivity index (χ3n) is 3.11. The highest BCUT2D eigenvalue weighted by molar-refractivity contribution is 5.94. The lowest BCUT2D eigenvalue weighted by molar-refractivity contribution is 0.0697. The predicted molar refractivity (Wildman–Crippen MR) is 72.7 cm³/mol. The molecule has 106 valence electrons. The van der Waals surface area contributed by atoms with Gasteiger partial charge in [0.15, 0.2) is 0 Å². The van der Waals surface area contributed by atoms with Crippen molar-refractivity contribution in [2.45, 2.75) is 0 Å². The minimum atomic E-state index is -1.13. The molecular formula is C14H11FN4O2. The van der Waals surface area contributed by atoms with Gasteiger partial charge in [-0.2, -0.15) is 10.2 Å². The van der Waals surface area contributed by atoms with E-state index in [-0.39, 0.29) is 16.9 Å². The number of para-hydroxylation sites is 1. The lowest BCUT2D eigenvalue weighted by Gasteiger charge is -2.02. The molecule has 1 aromatic carbocycles. The van der Waals surface area contributed by atoms with Crippen molar-refractivity contribution in [3.63, 3.8) is 0 Å². The second kappa shape index (κ2) is 4.86. The first-order chi connectivity index (χ1) is 10.1. The van der Waals surface area contributed by atoms with Crippen molar-refractivity contribution in [3.05, 3.63) is 54.1 Å². The Balaban J connectivity index is 2.21. The van der Waals surface area contributed by atoms with E-state index >= 15 is 0 Å². The van der Waals surface area contributed by atoms with Crippen LogP contribution < -0.4 is 0 Å². The van der Waals surface area contributed by atoms with E-state index < -0.39 is 11.8 Å². The van der Waals surface area contributed by atoms with Crippen molar-refractivity contribution in [3.8, 4) is 17.1 Å². The molecule has 21 heavy (non-hydrogen) atoms. The van der Waals surface area contributed by atoms with Crippen molar-refractivity contribution >= 4 is 5.97 Å². The highest BCUT2D eigenvalue weighted by Crippen LogP contribution is 2.23. The first-order valence-corrected chi connectivity index (χ1v) is 6.14. The second-order valence-electron chi connectivity index (χ2n) is 4.43. The van der Waals surface area contributed by atoms with Crippen LogP contribution in [0.2, 0.25) is 0 Å². The number of rotatable bonds is 3. The van der Waals surface area contributed by atoms with Crippen molar-refractivity contribution in [1.82, 2.24) is 19.6 Å². The molecule has 2 aromatic heterocycles. The third kappa shape index (κ3) is 2.18. The number of benzene rings is 1. The maximum absolute atomic E-state index is 13.8. The molecule has 2 heterocycles. The predicted octanol–water partition coefficient (Wildman–Crippen LogP) is 2.11. The standard InChI is InChI=1S/C14H11FN4O2/c1-18-12(6-7-16-18)13-9(14(20)21)8-19(17-13)11-5-3-2-4-10(11)15/h2-8H,1H3,(H,20,21). The van der Waals surface area contributed by atoms with Gasteiger partial charge in [0.2, 0.25) is 0 Å². The number of hydrogen-bond donors (Lipinski definition) is 1. The zero-order chi connectivity index (χ0) is 15.0. The molecule has 6 nitrogen and oxygen atoms in total. The van der Waals surface area contributed by atoms with Crippen LogP contribution in [0.4, 0.5) is 4.39 Å². The Hall–Kier alpha value is -2.96. The number of aromatic nitrogens is 4. The summed E-state index contributed by atoms with van der Waals surface area (Å²) in [5.41, 5.74) is 0.962. The molecule has 0 atom stereocenters. The average Bonchev–Trinajstić information content (AvgIpc) is 3.05. The summed E-state index contributed by atoms with van der Waals surface area (Å²) in [7, 11) is 1.68. The minimum Gasteiger partial charge on any atom is -0.478 e. The van der Waals surface area contributed by atoms with Crippen molar-refractivity contribution < 1.29 is 14.3 Å². The number of aryl methyl sites for hydroxylation is 1. The topological polar surface area (TPSA) is 72.9 Å². The fourth-order valence-electron chi connectivity index (χ4n) is 2.09. The van der Waals surface area contributed by atoms with Crippen LogP contribution in [0.5, 0.6) is 0 Å². The number of hydrogen-bond acceptors (Lipinski definition) is 3. The molecule has 0 unspecified atom stereocenters. The summed E-state index contributed by atoms with van der Waals surface area (Å²) in [5, 5.41) is 17.5. The van der Waals surface area contributed by atoms with Crippen molar-refractivity contribution in [1.29, 1.82) is 0 Å². The Morgan fingerprint density at radius 3 is 2.67 bits per heavy atom. The van der Waals surface area contributed by atoms with Gasteiger partial charge < -0.3 is 5.11 Å². The second-order valence-corrected chi connectivity index (χ2v) is 4.43. The normalized spacial score (nSPS) is 10.8. The number of nitrogens with zero attached hydrogens (tertiary/aromatic N) is 4. The number of aromatic carboxylic acids is 1. The highest BCUT2D eigenvalue weighted by Gasteiger charge is 2.20. The van der Waals surface area contributed by atoms with Gasteiger partial charge in [0, 0.05) is 19.4 Å². The molecule has 0 saturated heterocycles. The maximum Gasteiger partial charge on any atom is 0.339 e. The van der Waals surface area contributed by atoms with E-state index in [0.717, 1.165) is 0 Å². The molecule has 0 spiro atoms. The summed E-state index contributed by atoms with van der Waals surface area (Å²) in [4.78, 5) is 11.4. The molecule has 7 heteroatoms. The SMILES string of the molecule is Cn1nccc1-c1nn(-c2ccccc2F)cc1C(=O)O. The quantitative estimate of drug-likeness (QED) is 0.800. The van der Waals surface area contributed by atoms with Crippen LogP contribution in [0.25, 0.3) is 17.1 Å². The summed E-state index contributed by atoms with van der Waals surface area (Å²) in [5.74, 6) is -1.61. The van der Waals surface area contributed by atoms with Gasteiger partial charge in [-0.25, -0.2) is 13.9 Å². The molecule has 0 fully saturated rings. The zero-order valence-corrected chi connectivity index (χ0v) is 11.1. The fraction of sp³-hybridized carbons (Fsp3) is 0.0714. The van der Waals surface area contributed by atoms with Crippen LogP contribution in [0.1, 0.15) is 10.4 Å². The van der Waals surface area contributed by atoms with Gasteiger partial charge in [-0.3, -0.25) is 4.68 Å². The maximum atomic E-state index is 13.8. The third-order valence-corrected chi connectivity index (χ3v) is 3.11. The van der Waals surface area contributed by atoms with E-state index in [4.69, 9.17) is 0 Å². The van der Waals surface area contributed by atoms with Crippen LogP contribution >= 0.6 is 0 Å². The van der Waals surface area contributed by atoms with E-state index in [9.17, 15) is 14.3 Å². The molecular weight excluding hydrogens is 275 g/mol. The minimum absolute atomic E-state index is 0.0122. The van der Waals surface area contributed by atoms with Crippen molar-refractivity contribution in [2.75, 3.05) is 0 Å². The van der Waals surface area contributed by atoms with Gasteiger partial charge in [-0.15, -0.1) is 0 Å². The molecule has 0 aliphatic heterocycles. The summed E-state index contributed by atoms with van der Waals surface area (Å²) < 4.78 is 16.6. The van der Waals surface area contributed by atoms with Gasteiger partial charge in [-0.1, -0.05) is 12.1 Å². The smallest absolute Gasteiger partial charge is 0.339 e. The lowest BCUT2D eigenvalue weighted by Crippen LogP contribution is -2.00. The van der Waals surface area contributed by atoms with Gasteiger partial charge in [0.1, 0.15) is 22.8 Å². The van der Waals surface area contributed by atoms with Crippen LogP contribution in [-0.2, 0) is 7.05 Å². The highest BCUT2D eigenvalue weighted by atomic mass is 19.1. The molecule has 0 saturated carbocycles. The van der Waals surface area contributed by atoms with Crippen LogP contribution in [0.3, 0.4) is 0 Å². The number of carbonyl (C=O) groups is 1. The molecule has 0 amide bonds. The lowest BCUT2D eigenvalue weighted by atomic mass is 10.2. The number of halogens is 1. The van der Waals surface area contributed by atoms with Gasteiger partial charge in [0.25, 0.3) is 0 Å². The number of carboxylic acids is 1. The largest absolute Gasteiger partial charge is 0.478 e. The molecule has 0 aliphatic rings. The molecule has 3 aromatic rings. The summed E-state index contributed by atoms with van der Waals surface area (Å²) in [6, 6.07) is 7.69. The fourth-order valence-corrected chi connectivity index (χ4v) is 2.09. The van der Waals surface area contributed by atoms with Gasteiger partial charge in [0.05, 0.1) is 5.69 Å². The van der Waals surface area contributed by atoms with E-state index in [0.29, 0.717) is 5.69 Å². The van der Waals surface area contributed by atoms with E-state index in [1.54, 1.807) is 31.4 Å². The van der Waals surface area contributed by atoms with Gasteiger partial charge >= 0.3 is 5.97 Å². The van der Waals surface area contributed by atoms with Crippen LogP contribution in [0.15, 0.2) is 42.7 Å². The Bertz CT molecular complexity index is 822. The average molecular weight is 286 g/mol. The molecule has 0 bridgehead atoms.